The number of rotatable bonds is 7. The van der Waals surface area contributed by atoms with Crippen molar-refractivity contribution >= 4 is 17.6 Å². The number of nitrogens with zero attached hydrogens (tertiary/aromatic N) is 2. The molecule has 0 aliphatic carbocycles. The summed E-state index contributed by atoms with van der Waals surface area (Å²) in [5, 5.41) is 10.5. The molecule has 4 nitrogen and oxygen atoms in total. The summed E-state index contributed by atoms with van der Waals surface area (Å²) < 4.78 is 5.29. The summed E-state index contributed by atoms with van der Waals surface area (Å²) in [4.78, 5) is 0. The topological polar surface area (TPSA) is 51.0 Å². The number of alkyl halides is 1. The van der Waals surface area contributed by atoms with Crippen LogP contribution in [-0.2, 0) is 0 Å². The lowest BCUT2D eigenvalue weighted by Crippen LogP contribution is -2.01. The van der Waals surface area contributed by atoms with Gasteiger partial charge in [-0.3, -0.25) is 0 Å². The number of halogens is 1. The van der Waals surface area contributed by atoms with E-state index in [1.54, 1.807) is 6.92 Å². The molecular formula is C10H18ClN3O. The molecule has 0 amide bonds. The zero-order valence-electron chi connectivity index (χ0n) is 9.29. The van der Waals surface area contributed by atoms with Gasteiger partial charge in [-0.25, -0.2) is 0 Å². The third-order valence-corrected chi connectivity index (χ3v) is 2.27. The average Bonchev–Trinajstić information content (AvgIpc) is 2.66. The molecule has 0 fully saturated rings. The molecule has 1 N–H and O–H groups in total. The molecule has 0 radical (unpaired) electrons. The van der Waals surface area contributed by atoms with E-state index in [9.17, 15) is 0 Å². The summed E-state index contributed by atoms with van der Waals surface area (Å²) in [5.74, 6) is 0.465. The first-order chi connectivity index (χ1) is 7.24. The fraction of sp³-hybridized carbons (Fsp3) is 0.800. The Hall–Kier alpha value is -0.770. The molecule has 86 valence electrons. The normalized spacial score (nSPS) is 12.7. The Morgan fingerprint density at radius 2 is 2.13 bits per heavy atom. The highest BCUT2D eigenvalue weighted by Gasteiger charge is 2.09. The van der Waals surface area contributed by atoms with Gasteiger partial charge in [0.25, 0.3) is 0 Å². The predicted molar refractivity (Wildman–Crippen MR) is 61.2 cm³/mol. The third-order valence-electron chi connectivity index (χ3n) is 2.09. The molecule has 15 heavy (non-hydrogen) atoms. The van der Waals surface area contributed by atoms with Gasteiger partial charge in [-0.05, 0) is 13.3 Å². The Labute approximate surface area is 95.4 Å². The van der Waals surface area contributed by atoms with Crippen molar-refractivity contribution in [2.24, 2.45) is 0 Å². The smallest absolute Gasteiger partial charge is 0.315 e. The summed E-state index contributed by atoms with van der Waals surface area (Å²) in [5.41, 5.74) is 0. The van der Waals surface area contributed by atoms with E-state index in [2.05, 4.69) is 22.4 Å². The van der Waals surface area contributed by atoms with Crippen LogP contribution in [0.5, 0.6) is 0 Å². The quantitative estimate of drug-likeness (QED) is 0.578. The van der Waals surface area contributed by atoms with Crippen LogP contribution in [0.1, 0.15) is 50.8 Å². The maximum Gasteiger partial charge on any atom is 0.315 e. The minimum atomic E-state index is -0.229. The molecule has 0 saturated carbocycles. The minimum Gasteiger partial charge on any atom is -0.407 e. The van der Waals surface area contributed by atoms with E-state index in [1.807, 2.05) is 0 Å². The maximum absolute atomic E-state index is 5.80. The van der Waals surface area contributed by atoms with Gasteiger partial charge in [0.15, 0.2) is 0 Å². The lowest BCUT2D eigenvalue weighted by molar-refractivity contribution is 0.504. The summed E-state index contributed by atoms with van der Waals surface area (Å²) in [6, 6.07) is 0.467. The van der Waals surface area contributed by atoms with Crippen LogP contribution in [0.2, 0.25) is 0 Å². The van der Waals surface area contributed by atoms with Crippen LogP contribution >= 0.6 is 11.6 Å². The first kappa shape index (κ1) is 12.3. The molecule has 5 heteroatoms. The summed E-state index contributed by atoms with van der Waals surface area (Å²) in [6.45, 7) is 4.87. The zero-order valence-corrected chi connectivity index (χ0v) is 10.0. The molecular weight excluding hydrogens is 214 g/mol. The van der Waals surface area contributed by atoms with Crippen LogP contribution in [-0.4, -0.2) is 16.7 Å². The molecule has 1 aromatic rings. The highest BCUT2D eigenvalue weighted by molar-refractivity contribution is 6.20. The molecule has 0 bridgehead atoms. The Bertz CT molecular complexity index is 275. The lowest BCUT2D eigenvalue weighted by atomic mass is 10.2. The summed E-state index contributed by atoms with van der Waals surface area (Å²) in [6.07, 6.45) is 4.88. The minimum absolute atomic E-state index is 0.229. The van der Waals surface area contributed by atoms with Gasteiger partial charge in [-0.15, -0.1) is 16.7 Å². The summed E-state index contributed by atoms with van der Waals surface area (Å²) in [7, 11) is 0. The first-order valence-corrected chi connectivity index (χ1v) is 5.89. The van der Waals surface area contributed by atoms with Crippen LogP contribution in [0, 0.1) is 0 Å². The number of anilines is 1. The molecule has 0 aliphatic rings. The molecule has 1 rings (SSSR count). The van der Waals surface area contributed by atoms with Gasteiger partial charge in [0.2, 0.25) is 5.89 Å². The van der Waals surface area contributed by atoms with Crippen molar-refractivity contribution in [2.75, 3.05) is 11.9 Å². The second-order valence-corrected chi connectivity index (χ2v) is 4.20. The van der Waals surface area contributed by atoms with E-state index in [-0.39, 0.29) is 5.38 Å². The number of unbranched alkanes of at least 4 members (excludes halogenated alkanes) is 3. The van der Waals surface area contributed by atoms with Crippen LogP contribution in [0.25, 0.3) is 0 Å². The van der Waals surface area contributed by atoms with Crippen LogP contribution in [0.15, 0.2) is 4.42 Å². The molecule has 1 atom stereocenters. The fourth-order valence-corrected chi connectivity index (χ4v) is 1.30. The molecule has 0 aliphatic heterocycles. The molecule has 0 aromatic carbocycles. The van der Waals surface area contributed by atoms with Crippen molar-refractivity contribution in [1.82, 2.24) is 10.2 Å². The van der Waals surface area contributed by atoms with E-state index in [4.69, 9.17) is 16.0 Å². The third kappa shape index (κ3) is 4.51. The van der Waals surface area contributed by atoms with Gasteiger partial charge in [-0.1, -0.05) is 31.3 Å². The highest BCUT2D eigenvalue weighted by Crippen LogP contribution is 2.19. The molecule has 1 unspecified atom stereocenters. The molecule has 0 saturated heterocycles. The SMILES string of the molecule is CCCCCCNc1nnc(C(C)Cl)o1. The number of hydrogen-bond acceptors (Lipinski definition) is 4. The van der Waals surface area contributed by atoms with Gasteiger partial charge in [0, 0.05) is 6.54 Å². The monoisotopic (exact) mass is 231 g/mol. The van der Waals surface area contributed by atoms with Crippen molar-refractivity contribution in [3.63, 3.8) is 0 Å². The van der Waals surface area contributed by atoms with Gasteiger partial charge in [-0.2, -0.15) is 0 Å². The lowest BCUT2D eigenvalue weighted by Gasteiger charge is -2.00. The van der Waals surface area contributed by atoms with E-state index >= 15 is 0 Å². The van der Waals surface area contributed by atoms with Crippen molar-refractivity contribution in [3.8, 4) is 0 Å². The standard InChI is InChI=1S/C10H18ClN3O/c1-3-4-5-6-7-12-10-14-13-9(15-10)8(2)11/h8H,3-7H2,1-2H3,(H,12,14). The average molecular weight is 232 g/mol. The Morgan fingerprint density at radius 1 is 1.33 bits per heavy atom. The number of hydrogen-bond donors (Lipinski definition) is 1. The van der Waals surface area contributed by atoms with Crippen molar-refractivity contribution in [3.05, 3.63) is 5.89 Å². The van der Waals surface area contributed by atoms with Crippen LogP contribution in [0.3, 0.4) is 0 Å². The summed E-state index contributed by atoms with van der Waals surface area (Å²) >= 11 is 5.80. The fourth-order valence-electron chi connectivity index (χ4n) is 1.21. The molecule has 1 heterocycles. The highest BCUT2D eigenvalue weighted by atomic mass is 35.5. The van der Waals surface area contributed by atoms with Crippen LogP contribution < -0.4 is 5.32 Å². The van der Waals surface area contributed by atoms with Crippen LogP contribution in [0.4, 0.5) is 6.01 Å². The van der Waals surface area contributed by atoms with E-state index in [0.717, 1.165) is 13.0 Å². The second-order valence-electron chi connectivity index (χ2n) is 3.55. The number of aromatic nitrogens is 2. The predicted octanol–water partition coefficient (Wildman–Crippen LogP) is 3.36. The second kappa shape index (κ2) is 6.67. The van der Waals surface area contributed by atoms with Gasteiger partial charge >= 0.3 is 6.01 Å². The zero-order chi connectivity index (χ0) is 11.1. The van der Waals surface area contributed by atoms with E-state index < -0.39 is 0 Å². The van der Waals surface area contributed by atoms with Crippen molar-refractivity contribution < 1.29 is 4.42 Å². The van der Waals surface area contributed by atoms with Crippen molar-refractivity contribution in [2.45, 2.75) is 44.9 Å². The van der Waals surface area contributed by atoms with E-state index in [0.29, 0.717) is 11.9 Å². The number of nitrogens with one attached hydrogen (secondary N) is 1. The van der Waals surface area contributed by atoms with Crippen molar-refractivity contribution in [1.29, 1.82) is 0 Å². The van der Waals surface area contributed by atoms with Gasteiger partial charge < -0.3 is 9.73 Å². The first-order valence-electron chi connectivity index (χ1n) is 5.45. The van der Waals surface area contributed by atoms with Gasteiger partial charge in [0.05, 0.1) is 0 Å². The van der Waals surface area contributed by atoms with E-state index in [1.165, 1.54) is 19.3 Å². The van der Waals surface area contributed by atoms with Gasteiger partial charge in [0.1, 0.15) is 5.38 Å². The Morgan fingerprint density at radius 3 is 2.73 bits per heavy atom. The Balaban J connectivity index is 2.20. The molecule has 0 spiro atoms. The Kier molecular flexibility index (Phi) is 5.47. The largest absolute Gasteiger partial charge is 0.407 e. The maximum atomic E-state index is 5.80. The molecule has 1 aromatic heterocycles.